The van der Waals surface area contributed by atoms with Gasteiger partial charge in [-0.1, -0.05) is 89.2 Å². The van der Waals surface area contributed by atoms with Crippen LogP contribution in [0.4, 0.5) is 0 Å². The lowest BCUT2D eigenvalue weighted by molar-refractivity contribution is 0.171. The van der Waals surface area contributed by atoms with E-state index in [1.165, 1.54) is 96.4 Å². The van der Waals surface area contributed by atoms with Crippen LogP contribution in [0.15, 0.2) is 61.2 Å². The van der Waals surface area contributed by atoms with E-state index in [2.05, 4.69) is 82.0 Å². The monoisotopic (exact) mass is 492 g/mol. The molecule has 0 heterocycles. The van der Waals surface area contributed by atoms with Gasteiger partial charge in [0.05, 0.1) is 0 Å². The molecule has 0 atom stereocenters. The minimum absolute atomic E-state index is 0. The first-order chi connectivity index (χ1) is 17.5. The zero-order valence-electron chi connectivity index (χ0n) is 22.8. The van der Waals surface area contributed by atoms with Crippen LogP contribution in [0.5, 0.6) is 0 Å². The Morgan fingerprint density at radius 2 is 1.49 bits per heavy atom. The second kappa shape index (κ2) is 10.4. The molecule has 3 aromatic rings. The highest BCUT2D eigenvalue weighted by Crippen LogP contribution is 2.51. The van der Waals surface area contributed by atoms with Gasteiger partial charge in [-0.25, -0.2) is 0 Å². The lowest BCUT2D eigenvalue weighted by atomic mass is 9.66. The molecule has 3 aromatic carbocycles. The van der Waals surface area contributed by atoms with E-state index < -0.39 is 0 Å². The molecule has 0 radical (unpaired) electrons. The fourth-order valence-corrected chi connectivity index (χ4v) is 8.19. The number of aryl methyl sites for hydroxylation is 1. The van der Waals surface area contributed by atoms with Crippen molar-refractivity contribution >= 4 is 10.8 Å². The lowest BCUT2D eigenvalue weighted by Gasteiger charge is -2.39. The van der Waals surface area contributed by atoms with Crippen molar-refractivity contribution in [2.45, 2.75) is 104 Å². The van der Waals surface area contributed by atoms with Crippen molar-refractivity contribution in [3.05, 3.63) is 83.4 Å². The Hall–Kier alpha value is -2.34. The number of rotatable bonds is 5. The molecule has 0 aliphatic heterocycles. The highest BCUT2D eigenvalue weighted by atomic mass is 14.4. The molecule has 0 saturated heterocycles. The highest BCUT2D eigenvalue weighted by Gasteiger charge is 2.35. The number of fused-ring (bicyclic) bond motifs is 2. The van der Waals surface area contributed by atoms with Crippen LogP contribution in [0.1, 0.15) is 114 Å². The quantitative estimate of drug-likeness (QED) is 0.311. The van der Waals surface area contributed by atoms with Crippen LogP contribution in [0.3, 0.4) is 0 Å². The van der Waals surface area contributed by atoms with Crippen molar-refractivity contribution in [2.75, 3.05) is 0 Å². The minimum atomic E-state index is 0. The van der Waals surface area contributed by atoms with E-state index in [0.29, 0.717) is 0 Å². The number of hydrogen-bond acceptors (Lipinski definition) is 0. The van der Waals surface area contributed by atoms with Gasteiger partial charge >= 0.3 is 0 Å². The summed E-state index contributed by atoms with van der Waals surface area (Å²) in [5.41, 5.74) is 9.08. The third-order valence-electron chi connectivity index (χ3n) is 10.4. The molecule has 0 bridgehead atoms. The predicted octanol–water partition coefficient (Wildman–Crippen LogP) is 11.0. The molecule has 0 nitrogen and oxygen atoms in total. The summed E-state index contributed by atoms with van der Waals surface area (Å²) in [7, 11) is 0. The summed E-state index contributed by atoms with van der Waals surface area (Å²) in [6, 6.07) is 19.4. The van der Waals surface area contributed by atoms with Gasteiger partial charge in [-0.3, -0.25) is 0 Å². The summed E-state index contributed by atoms with van der Waals surface area (Å²) in [5.74, 6) is 3.45. The molecular weight excluding hydrogens is 444 g/mol. The minimum Gasteiger partial charge on any atom is -0.103 e. The second-order valence-electron chi connectivity index (χ2n) is 12.7. The molecule has 3 aliphatic rings. The summed E-state index contributed by atoms with van der Waals surface area (Å²) in [4.78, 5) is 0. The number of hydrogen-bond donors (Lipinski definition) is 0. The Morgan fingerprint density at radius 3 is 2.16 bits per heavy atom. The Bertz CT molecular complexity index is 1260. The van der Waals surface area contributed by atoms with Crippen molar-refractivity contribution in [1.29, 1.82) is 0 Å². The van der Waals surface area contributed by atoms with E-state index in [0.717, 1.165) is 30.1 Å². The third-order valence-corrected chi connectivity index (χ3v) is 10.4. The van der Waals surface area contributed by atoms with Crippen LogP contribution in [0.25, 0.3) is 21.9 Å². The molecule has 2 fully saturated rings. The van der Waals surface area contributed by atoms with Crippen LogP contribution < -0.4 is 0 Å². The Kier molecular flexibility index (Phi) is 7.41. The van der Waals surface area contributed by atoms with E-state index in [-0.39, 0.29) is 12.8 Å². The largest absolute Gasteiger partial charge is 0.103 e. The molecule has 0 N–H and O–H groups in total. The van der Waals surface area contributed by atoms with Gasteiger partial charge in [-0.2, -0.15) is 0 Å². The van der Waals surface area contributed by atoms with Crippen molar-refractivity contribution in [1.82, 2.24) is 0 Å². The number of benzene rings is 3. The van der Waals surface area contributed by atoms with Crippen molar-refractivity contribution < 1.29 is 0 Å². The average Bonchev–Trinajstić information content (AvgIpc) is 2.92. The van der Waals surface area contributed by atoms with Crippen molar-refractivity contribution in [3.63, 3.8) is 0 Å². The summed E-state index contributed by atoms with van der Waals surface area (Å²) < 4.78 is 0. The van der Waals surface area contributed by atoms with Gasteiger partial charge in [0.15, 0.2) is 0 Å². The van der Waals surface area contributed by atoms with Crippen LogP contribution in [-0.2, 0) is 11.8 Å². The lowest BCUT2D eigenvalue weighted by Crippen LogP contribution is -2.26. The summed E-state index contributed by atoms with van der Waals surface area (Å²) >= 11 is 0. The van der Waals surface area contributed by atoms with Gasteiger partial charge < -0.3 is 0 Å². The normalized spacial score (nSPS) is 26.2. The Balaban J connectivity index is 0.00000280. The molecule has 37 heavy (non-hydrogen) atoms. The molecular formula is C37H48. The highest BCUT2D eigenvalue weighted by molar-refractivity contribution is 6.04. The van der Waals surface area contributed by atoms with Crippen LogP contribution in [0, 0.1) is 17.8 Å². The molecule has 2 saturated carbocycles. The molecule has 3 aliphatic carbocycles. The zero-order chi connectivity index (χ0) is 24.9. The van der Waals surface area contributed by atoms with E-state index in [1.807, 2.05) is 0 Å². The number of allylic oxidation sites excluding steroid dienone is 1. The van der Waals surface area contributed by atoms with Gasteiger partial charge in [0.2, 0.25) is 0 Å². The van der Waals surface area contributed by atoms with Crippen molar-refractivity contribution in [3.8, 4) is 11.1 Å². The maximum absolute atomic E-state index is 4.04. The summed E-state index contributed by atoms with van der Waals surface area (Å²) in [6.45, 7) is 11.2. The molecule has 0 unspecified atom stereocenters. The SMILES string of the molecule is C.C=CC1CCC(C2CCC(c3ccc4c(c3)C(C)(C)c3cccc5c(CCC)ccc-4c35)CC2)CC1. The van der Waals surface area contributed by atoms with E-state index >= 15 is 0 Å². The maximum Gasteiger partial charge on any atom is 0.0159 e. The molecule has 0 amide bonds. The molecule has 0 aromatic heterocycles. The van der Waals surface area contributed by atoms with Gasteiger partial charge in [0.1, 0.15) is 0 Å². The van der Waals surface area contributed by atoms with Crippen molar-refractivity contribution in [2.24, 2.45) is 17.8 Å². The Morgan fingerprint density at radius 1 is 0.811 bits per heavy atom. The van der Waals surface area contributed by atoms with Gasteiger partial charge in [-0.05, 0) is 126 Å². The van der Waals surface area contributed by atoms with Crippen LogP contribution >= 0.6 is 0 Å². The van der Waals surface area contributed by atoms with E-state index in [9.17, 15) is 0 Å². The van der Waals surface area contributed by atoms with Gasteiger partial charge in [0, 0.05) is 5.41 Å². The van der Waals surface area contributed by atoms with Gasteiger partial charge in [0.25, 0.3) is 0 Å². The molecule has 6 rings (SSSR count). The standard InChI is InChI=1S/C36H44.CH4/c1-5-8-28-19-22-32-31-21-20-29(23-34(31)36(3,4)33-10-7-9-30(28)35(32)33)27-17-15-26(16-18-27)25-13-11-24(6-2)12-14-25;/h6-7,9-10,19-27H,2,5,8,11-18H2,1,3-4H3;1H4. The first-order valence-corrected chi connectivity index (χ1v) is 14.8. The van der Waals surface area contributed by atoms with Crippen LogP contribution in [0.2, 0.25) is 0 Å². The summed E-state index contributed by atoms with van der Waals surface area (Å²) in [6.07, 6.45) is 15.8. The molecule has 196 valence electrons. The smallest absolute Gasteiger partial charge is 0.0159 e. The van der Waals surface area contributed by atoms with E-state index in [4.69, 9.17) is 0 Å². The molecule has 0 heteroatoms. The zero-order valence-corrected chi connectivity index (χ0v) is 22.8. The summed E-state index contributed by atoms with van der Waals surface area (Å²) in [5, 5.41) is 2.97. The first-order valence-electron chi connectivity index (χ1n) is 14.8. The maximum atomic E-state index is 4.04. The first kappa shape index (κ1) is 26.3. The fraction of sp³-hybridized carbons (Fsp3) is 0.514. The third kappa shape index (κ3) is 4.49. The Labute approximate surface area is 226 Å². The van der Waals surface area contributed by atoms with E-state index in [1.54, 1.807) is 5.56 Å². The molecule has 0 spiro atoms. The predicted molar refractivity (Wildman–Crippen MR) is 163 cm³/mol. The average molecular weight is 493 g/mol. The van der Waals surface area contributed by atoms with Crippen LogP contribution in [-0.4, -0.2) is 0 Å². The van der Waals surface area contributed by atoms with Gasteiger partial charge in [-0.15, -0.1) is 6.58 Å². The topological polar surface area (TPSA) is 0 Å². The second-order valence-corrected chi connectivity index (χ2v) is 12.7. The fourth-order valence-electron chi connectivity index (χ4n) is 8.19.